The van der Waals surface area contributed by atoms with Crippen LogP contribution in [0.2, 0.25) is 0 Å². The van der Waals surface area contributed by atoms with Gasteiger partial charge in [0.15, 0.2) is 0 Å². The van der Waals surface area contributed by atoms with Gasteiger partial charge in [0.25, 0.3) is 0 Å². The van der Waals surface area contributed by atoms with E-state index in [1.54, 1.807) is 24.3 Å². The second-order valence-corrected chi connectivity index (χ2v) is 12.1. The summed E-state index contributed by atoms with van der Waals surface area (Å²) in [4.78, 5) is 50.2. The third-order valence-corrected chi connectivity index (χ3v) is 9.74. The number of hydrogen-bond donors (Lipinski definition) is 2. The van der Waals surface area contributed by atoms with Crippen molar-refractivity contribution < 1.29 is 19.2 Å². The molecule has 2 N–H and O–H groups in total. The lowest BCUT2D eigenvalue weighted by Gasteiger charge is -2.54. The minimum Gasteiger partial charge on any atom is -0.326 e. The van der Waals surface area contributed by atoms with Crippen molar-refractivity contribution in [3.05, 3.63) is 95.1 Å². The molecule has 7 nitrogen and oxygen atoms in total. The minimum absolute atomic E-state index is 0.128. The maximum absolute atomic E-state index is 13.8. The molecule has 0 saturated carbocycles. The van der Waals surface area contributed by atoms with Gasteiger partial charge in [0.05, 0.1) is 11.8 Å². The van der Waals surface area contributed by atoms with Gasteiger partial charge < -0.3 is 10.6 Å². The van der Waals surface area contributed by atoms with Gasteiger partial charge in [-0.2, -0.15) is 0 Å². The van der Waals surface area contributed by atoms with Crippen molar-refractivity contribution in [1.29, 1.82) is 0 Å². The summed E-state index contributed by atoms with van der Waals surface area (Å²) in [5, 5.41) is 5.53. The van der Waals surface area contributed by atoms with Crippen LogP contribution >= 0.6 is 23.2 Å². The van der Waals surface area contributed by atoms with Crippen LogP contribution in [0.15, 0.2) is 72.8 Å². The smallest absolute Gasteiger partial charge is 0.235 e. The lowest BCUT2D eigenvalue weighted by atomic mass is 9.54. The van der Waals surface area contributed by atoms with Crippen LogP contribution in [0.4, 0.5) is 11.4 Å². The predicted molar refractivity (Wildman–Crippen MR) is 158 cm³/mol. The number of likely N-dealkylation sites (tertiary alicyclic amines) is 1. The van der Waals surface area contributed by atoms with Crippen molar-refractivity contribution in [1.82, 2.24) is 4.90 Å². The Balaban J connectivity index is 1.10. The van der Waals surface area contributed by atoms with Gasteiger partial charge in [-0.05, 0) is 59.4 Å². The van der Waals surface area contributed by atoms with Crippen molar-refractivity contribution in [2.24, 2.45) is 11.8 Å². The number of imide groups is 1. The molecular formula is C32H29Cl2N3O4. The van der Waals surface area contributed by atoms with Crippen LogP contribution in [0, 0.1) is 11.8 Å². The summed E-state index contributed by atoms with van der Waals surface area (Å²) >= 11 is 14.9. The van der Waals surface area contributed by atoms with E-state index < -0.39 is 21.6 Å². The molecule has 2 bridgehead atoms. The zero-order chi connectivity index (χ0) is 28.9. The van der Waals surface area contributed by atoms with E-state index in [2.05, 4.69) is 10.6 Å². The van der Waals surface area contributed by atoms with E-state index in [0.717, 1.165) is 22.3 Å². The number of alkyl halides is 2. The number of carbonyl (C=O) groups excluding carboxylic acids is 4. The summed E-state index contributed by atoms with van der Waals surface area (Å²) in [7, 11) is 0. The second kappa shape index (κ2) is 10.3. The van der Waals surface area contributed by atoms with Crippen LogP contribution < -0.4 is 10.6 Å². The average Bonchev–Trinajstić information content (AvgIpc) is 3.22. The Morgan fingerprint density at radius 3 is 1.59 bits per heavy atom. The molecule has 0 aromatic heterocycles. The van der Waals surface area contributed by atoms with Crippen LogP contribution in [0.1, 0.15) is 54.9 Å². The van der Waals surface area contributed by atoms with Gasteiger partial charge in [-0.25, -0.2) is 0 Å². The highest BCUT2D eigenvalue weighted by atomic mass is 35.5. The molecule has 7 rings (SSSR count). The van der Waals surface area contributed by atoms with Crippen LogP contribution in [0.5, 0.6) is 0 Å². The van der Waals surface area contributed by atoms with Gasteiger partial charge >= 0.3 is 0 Å². The largest absolute Gasteiger partial charge is 0.326 e. The number of carbonyl (C=O) groups is 4. The third-order valence-electron chi connectivity index (χ3n) is 8.45. The standard InChI is InChI=1S/C32H29Cl2N3O4/c1-19(38)35-20-14-16-21(17-15-20)36-26(39)13-3-2-8-18-37-29(40)27-28(30(37)41)32(34)23-10-5-4-9-22(23)31(27,33)24-11-6-7-12-25(24)32/h4-7,9-12,14-17,27-28H,2-3,8,13,18H2,1H3,(H,35,38)(H,36,39)/t27-,28+,31?,32?. The number of hydrogen-bond acceptors (Lipinski definition) is 4. The number of rotatable bonds is 8. The number of halogens is 2. The molecule has 3 aromatic rings. The molecule has 4 amide bonds. The lowest BCUT2D eigenvalue weighted by Crippen LogP contribution is -2.57. The molecule has 210 valence electrons. The minimum atomic E-state index is -1.17. The van der Waals surface area contributed by atoms with E-state index >= 15 is 0 Å². The highest BCUT2D eigenvalue weighted by Gasteiger charge is 2.72. The number of nitrogens with zero attached hydrogens (tertiary/aromatic N) is 1. The summed E-state index contributed by atoms with van der Waals surface area (Å²) in [5.41, 5.74) is 4.44. The Morgan fingerprint density at radius 1 is 0.707 bits per heavy atom. The zero-order valence-corrected chi connectivity index (χ0v) is 24.0. The molecule has 2 atom stereocenters. The Bertz CT molecular complexity index is 1450. The Labute approximate surface area is 248 Å². The number of nitrogens with one attached hydrogen (secondary N) is 2. The summed E-state index contributed by atoms with van der Waals surface area (Å²) in [5.74, 6) is -2.45. The van der Waals surface area contributed by atoms with Crippen molar-refractivity contribution in [2.45, 2.75) is 42.4 Å². The first kappa shape index (κ1) is 27.5. The van der Waals surface area contributed by atoms with E-state index in [9.17, 15) is 19.2 Å². The molecule has 1 heterocycles. The van der Waals surface area contributed by atoms with Gasteiger partial charge in [-0.1, -0.05) is 55.0 Å². The average molecular weight is 591 g/mol. The number of amides is 4. The first-order chi connectivity index (χ1) is 19.7. The zero-order valence-electron chi connectivity index (χ0n) is 22.5. The fraction of sp³-hybridized carbons (Fsp3) is 0.312. The SMILES string of the molecule is CC(=O)Nc1ccc(NC(=O)CCCCCN2C(=O)[C@@H]3[C@H](C2=O)C2(Cl)c4ccccc4C3(Cl)c3ccccc32)cc1. The maximum Gasteiger partial charge on any atom is 0.235 e. The van der Waals surface area contributed by atoms with Crippen molar-refractivity contribution in [3.63, 3.8) is 0 Å². The molecule has 3 aliphatic carbocycles. The molecule has 0 radical (unpaired) electrons. The number of anilines is 2. The summed E-state index contributed by atoms with van der Waals surface area (Å²) in [6, 6.07) is 22.1. The maximum atomic E-state index is 13.8. The third kappa shape index (κ3) is 4.25. The number of unbranched alkanes of at least 4 members (excludes halogenated alkanes) is 2. The monoisotopic (exact) mass is 589 g/mol. The normalized spacial score (nSPS) is 25.4. The Morgan fingerprint density at radius 2 is 1.15 bits per heavy atom. The Hall–Kier alpha value is -3.68. The van der Waals surface area contributed by atoms with Gasteiger partial charge in [-0.3, -0.25) is 24.1 Å². The predicted octanol–water partition coefficient (Wildman–Crippen LogP) is 5.74. The van der Waals surface area contributed by atoms with Crippen LogP contribution in [0.3, 0.4) is 0 Å². The molecule has 9 heteroatoms. The van der Waals surface area contributed by atoms with Gasteiger partial charge in [0.2, 0.25) is 23.6 Å². The van der Waals surface area contributed by atoms with Crippen molar-refractivity contribution in [2.75, 3.05) is 17.2 Å². The molecule has 0 spiro atoms. The summed E-state index contributed by atoms with van der Waals surface area (Å²) in [6.07, 6.45) is 2.15. The van der Waals surface area contributed by atoms with E-state index in [-0.39, 0.29) is 30.2 Å². The molecule has 4 aliphatic rings. The van der Waals surface area contributed by atoms with E-state index in [1.165, 1.54) is 11.8 Å². The molecule has 1 saturated heterocycles. The second-order valence-electron chi connectivity index (χ2n) is 10.9. The fourth-order valence-corrected chi connectivity index (χ4v) is 7.84. The van der Waals surface area contributed by atoms with Crippen LogP contribution in [0.25, 0.3) is 0 Å². The van der Waals surface area contributed by atoms with Crippen LogP contribution in [-0.4, -0.2) is 35.1 Å². The molecule has 1 fully saturated rings. The molecular weight excluding hydrogens is 561 g/mol. The molecule has 41 heavy (non-hydrogen) atoms. The lowest BCUT2D eigenvalue weighted by molar-refractivity contribution is -0.140. The highest BCUT2D eigenvalue weighted by Crippen LogP contribution is 2.69. The van der Waals surface area contributed by atoms with Gasteiger partial charge in [-0.15, -0.1) is 23.2 Å². The molecule has 0 unspecified atom stereocenters. The van der Waals surface area contributed by atoms with E-state index in [4.69, 9.17) is 23.2 Å². The van der Waals surface area contributed by atoms with Crippen molar-refractivity contribution in [3.8, 4) is 0 Å². The molecule has 3 aromatic carbocycles. The fourth-order valence-electron chi connectivity index (χ4n) is 6.74. The van der Waals surface area contributed by atoms with Crippen molar-refractivity contribution >= 4 is 58.2 Å². The first-order valence-corrected chi connectivity index (χ1v) is 14.5. The summed E-state index contributed by atoms with van der Waals surface area (Å²) in [6.45, 7) is 1.69. The quantitative estimate of drug-likeness (QED) is 0.199. The van der Waals surface area contributed by atoms with E-state index in [0.29, 0.717) is 37.1 Å². The first-order valence-electron chi connectivity index (χ1n) is 13.8. The van der Waals surface area contributed by atoms with E-state index in [1.807, 2.05) is 48.5 Å². The topological polar surface area (TPSA) is 95.6 Å². The van der Waals surface area contributed by atoms with Gasteiger partial charge in [0, 0.05) is 31.3 Å². The summed E-state index contributed by atoms with van der Waals surface area (Å²) < 4.78 is 0. The molecule has 1 aliphatic heterocycles. The Kier molecular flexibility index (Phi) is 6.91. The van der Waals surface area contributed by atoms with Gasteiger partial charge in [0.1, 0.15) is 9.75 Å². The van der Waals surface area contributed by atoms with Crippen LogP contribution in [-0.2, 0) is 28.9 Å². The number of benzene rings is 3. The highest BCUT2D eigenvalue weighted by molar-refractivity contribution is 6.36.